The molecule has 2 aromatic rings. The number of hydrazine groups is 1. The first kappa shape index (κ1) is 14.7. The van der Waals surface area contributed by atoms with E-state index in [-0.39, 0.29) is 0 Å². The lowest BCUT2D eigenvalue weighted by molar-refractivity contribution is 0.490. The van der Waals surface area contributed by atoms with Crippen molar-refractivity contribution < 1.29 is 0 Å². The van der Waals surface area contributed by atoms with E-state index in [0.29, 0.717) is 6.04 Å². The number of aromatic nitrogens is 1. The Hall–Kier alpha value is -1.71. The van der Waals surface area contributed by atoms with Gasteiger partial charge in [0.25, 0.3) is 0 Å². The molecule has 1 unspecified atom stereocenters. The molecule has 0 saturated heterocycles. The normalized spacial score (nSPS) is 12.3. The first-order valence-corrected chi connectivity index (χ1v) is 7.10. The zero-order valence-corrected chi connectivity index (χ0v) is 12.3. The Bertz CT molecular complexity index is 537. The van der Waals surface area contributed by atoms with Gasteiger partial charge in [-0.25, -0.2) is 0 Å². The van der Waals surface area contributed by atoms with Gasteiger partial charge in [0.05, 0.1) is 0 Å². The van der Waals surface area contributed by atoms with Gasteiger partial charge in [-0.05, 0) is 61.9 Å². The fourth-order valence-electron chi connectivity index (χ4n) is 2.42. The summed E-state index contributed by atoms with van der Waals surface area (Å²) in [5.41, 5.74) is 8.27. The van der Waals surface area contributed by atoms with Gasteiger partial charge in [-0.1, -0.05) is 23.8 Å². The number of hydrogen-bond donors (Lipinski definition) is 2. The highest BCUT2D eigenvalue weighted by Crippen LogP contribution is 2.15. The average Bonchev–Trinajstić information content (AvgIpc) is 2.48. The van der Waals surface area contributed by atoms with Crippen LogP contribution in [0.25, 0.3) is 0 Å². The van der Waals surface area contributed by atoms with Crippen molar-refractivity contribution in [3.8, 4) is 0 Å². The summed E-state index contributed by atoms with van der Waals surface area (Å²) in [4.78, 5) is 4.04. The number of nitrogens with one attached hydrogen (secondary N) is 1. The summed E-state index contributed by atoms with van der Waals surface area (Å²) in [5, 5.41) is 0. The molecule has 0 amide bonds. The zero-order valence-electron chi connectivity index (χ0n) is 12.3. The molecule has 1 aromatic heterocycles. The maximum absolute atomic E-state index is 5.71. The summed E-state index contributed by atoms with van der Waals surface area (Å²) in [7, 11) is 0. The van der Waals surface area contributed by atoms with Crippen molar-refractivity contribution in [1.82, 2.24) is 10.4 Å². The third-order valence-corrected chi connectivity index (χ3v) is 3.74. The molecule has 3 nitrogen and oxygen atoms in total. The van der Waals surface area contributed by atoms with Crippen LogP contribution in [-0.4, -0.2) is 11.0 Å². The van der Waals surface area contributed by atoms with E-state index in [1.807, 2.05) is 12.4 Å². The van der Waals surface area contributed by atoms with E-state index >= 15 is 0 Å². The summed E-state index contributed by atoms with van der Waals surface area (Å²) in [5.74, 6) is 5.71. The summed E-state index contributed by atoms with van der Waals surface area (Å²) < 4.78 is 0. The molecule has 0 aliphatic carbocycles. The highest BCUT2D eigenvalue weighted by molar-refractivity contribution is 5.31. The lowest BCUT2D eigenvalue weighted by Crippen LogP contribution is -2.37. The van der Waals surface area contributed by atoms with Gasteiger partial charge in [-0.2, -0.15) is 0 Å². The average molecular weight is 269 g/mol. The first-order chi connectivity index (χ1) is 9.69. The molecular weight excluding hydrogens is 246 g/mol. The Morgan fingerprint density at radius 1 is 1.15 bits per heavy atom. The molecule has 0 aliphatic rings. The minimum absolute atomic E-state index is 0.295. The number of rotatable bonds is 6. The van der Waals surface area contributed by atoms with E-state index in [4.69, 9.17) is 5.84 Å². The van der Waals surface area contributed by atoms with Gasteiger partial charge in [0.15, 0.2) is 0 Å². The second-order valence-electron chi connectivity index (χ2n) is 5.39. The van der Waals surface area contributed by atoms with Crippen molar-refractivity contribution in [3.63, 3.8) is 0 Å². The van der Waals surface area contributed by atoms with E-state index in [1.54, 1.807) is 0 Å². The molecule has 0 spiro atoms. The third kappa shape index (κ3) is 4.15. The van der Waals surface area contributed by atoms with Gasteiger partial charge in [-0.15, -0.1) is 0 Å². The molecule has 20 heavy (non-hydrogen) atoms. The molecule has 106 valence electrons. The monoisotopic (exact) mass is 269 g/mol. The van der Waals surface area contributed by atoms with Gasteiger partial charge in [-0.3, -0.25) is 16.3 Å². The Balaban J connectivity index is 1.97. The SMILES string of the molecule is Cc1ccc(C)c(CC(CCc2ccncc2)NN)c1. The molecule has 0 fully saturated rings. The molecule has 2 rings (SSSR count). The highest BCUT2D eigenvalue weighted by Gasteiger charge is 2.10. The lowest BCUT2D eigenvalue weighted by atomic mass is 9.96. The molecule has 0 radical (unpaired) electrons. The second-order valence-corrected chi connectivity index (χ2v) is 5.39. The van der Waals surface area contributed by atoms with Crippen LogP contribution in [-0.2, 0) is 12.8 Å². The van der Waals surface area contributed by atoms with Crippen molar-refractivity contribution in [2.75, 3.05) is 0 Å². The van der Waals surface area contributed by atoms with Gasteiger partial charge in [0.2, 0.25) is 0 Å². The van der Waals surface area contributed by atoms with Crippen LogP contribution < -0.4 is 11.3 Å². The zero-order chi connectivity index (χ0) is 14.4. The second kappa shape index (κ2) is 7.17. The summed E-state index contributed by atoms with van der Waals surface area (Å²) >= 11 is 0. The van der Waals surface area contributed by atoms with E-state index < -0.39 is 0 Å². The Kier molecular flexibility index (Phi) is 5.27. The smallest absolute Gasteiger partial charge is 0.0270 e. The van der Waals surface area contributed by atoms with Crippen molar-refractivity contribution in [3.05, 3.63) is 65.0 Å². The van der Waals surface area contributed by atoms with Crippen LogP contribution in [0.2, 0.25) is 0 Å². The number of aryl methyl sites for hydroxylation is 3. The molecule has 1 heterocycles. The summed E-state index contributed by atoms with van der Waals surface area (Å²) in [6.07, 6.45) is 6.68. The van der Waals surface area contributed by atoms with Crippen LogP contribution in [0.1, 0.15) is 28.7 Å². The molecule has 0 saturated carbocycles. The number of nitrogens with two attached hydrogens (primary N) is 1. The minimum Gasteiger partial charge on any atom is -0.271 e. The van der Waals surface area contributed by atoms with Crippen molar-refractivity contribution in [2.45, 2.75) is 39.2 Å². The molecule has 0 bridgehead atoms. The van der Waals surface area contributed by atoms with Crippen LogP contribution in [0, 0.1) is 13.8 Å². The predicted octanol–water partition coefficient (Wildman–Crippen LogP) is 2.71. The molecule has 1 atom stereocenters. The van der Waals surface area contributed by atoms with E-state index in [1.165, 1.54) is 22.3 Å². The van der Waals surface area contributed by atoms with Crippen LogP contribution in [0.4, 0.5) is 0 Å². The maximum Gasteiger partial charge on any atom is 0.0270 e. The number of hydrogen-bond acceptors (Lipinski definition) is 3. The van der Waals surface area contributed by atoms with Crippen molar-refractivity contribution >= 4 is 0 Å². The number of nitrogens with zero attached hydrogens (tertiary/aromatic N) is 1. The topological polar surface area (TPSA) is 50.9 Å². The third-order valence-electron chi connectivity index (χ3n) is 3.74. The van der Waals surface area contributed by atoms with Crippen LogP contribution in [0.5, 0.6) is 0 Å². The van der Waals surface area contributed by atoms with Gasteiger partial charge in [0, 0.05) is 18.4 Å². The first-order valence-electron chi connectivity index (χ1n) is 7.10. The largest absolute Gasteiger partial charge is 0.271 e. The summed E-state index contributed by atoms with van der Waals surface area (Å²) in [6, 6.07) is 11.0. The van der Waals surface area contributed by atoms with Crippen LogP contribution >= 0.6 is 0 Å². The number of benzene rings is 1. The van der Waals surface area contributed by atoms with Crippen molar-refractivity contribution in [2.24, 2.45) is 5.84 Å². The van der Waals surface area contributed by atoms with Gasteiger partial charge >= 0.3 is 0 Å². The van der Waals surface area contributed by atoms with Crippen molar-refractivity contribution in [1.29, 1.82) is 0 Å². The Morgan fingerprint density at radius 3 is 2.60 bits per heavy atom. The number of pyridine rings is 1. The fraction of sp³-hybridized carbons (Fsp3) is 0.353. The Labute approximate surface area is 121 Å². The Morgan fingerprint density at radius 2 is 1.90 bits per heavy atom. The minimum atomic E-state index is 0.295. The quantitative estimate of drug-likeness (QED) is 0.626. The fourth-order valence-corrected chi connectivity index (χ4v) is 2.42. The molecule has 1 aromatic carbocycles. The predicted molar refractivity (Wildman–Crippen MR) is 83.3 cm³/mol. The van der Waals surface area contributed by atoms with Gasteiger partial charge < -0.3 is 0 Å². The van der Waals surface area contributed by atoms with E-state index in [2.05, 4.69) is 54.6 Å². The van der Waals surface area contributed by atoms with E-state index in [0.717, 1.165) is 19.3 Å². The standard InChI is InChI=1S/C17H23N3/c1-13-3-4-14(2)16(11-13)12-17(20-18)6-5-15-7-9-19-10-8-15/h3-4,7-11,17,20H,5-6,12,18H2,1-2H3. The molecule has 3 N–H and O–H groups in total. The molecular formula is C17H23N3. The van der Waals surface area contributed by atoms with Crippen LogP contribution in [0.3, 0.4) is 0 Å². The van der Waals surface area contributed by atoms with Crippen LogP contribution in [0.15, 0.2) is 42.7 Å². The molecule has 0 aliphatic heterocycles. The highest BCUT2D eigenvalue weighted by atomic mass is 15.2. The molecule has 3 heteroatoms. The lowest BCUT2D eigenvalue weighted by Gasteiger charge is -2.17. The maximum atomic E-state index is 5.71. The van der Waals surface area contributed by atoms with Gasteiger partial charge in [0.1, 0.15) is 0 Å². The summed E-state index contributed by atoms with van der Waals surface area (Å²) in [6.45, 7) is 4.29. The van der Waals surface area contributed by atoms with E-state index in [9.17, 15) is 0 Å².